The van der Waals surface area contributed by atoms with E-state index in [1.165, 1.54) is 12.1 Å². The topological polar surface area (TPSA) is 98.2 Å². The first-order valence-electron chi connectivity index (χ1n) is 8.88. The maximum atomic E-state index is 14.5. The van der Waals surface area contributed by atoms with Crippen LogP contribution in [-0.2, 0) is 0 Å². The van der Waals surface area contributed by atoms with E-state index >= 15 is 0 Å². The molecule has 1 fully saturated rings. The average molecular weight is 389 g/mol. The molecule has 1 aromatic heterocycles. The molecule has 0 aliphatic carbocycles. The Morgan fingerprint density at radius 2 is 1.81 bits per heavy atom. The molecule has 0 saturated carbocycles. The van der Waals surface area contributed by atoms with Crippen LogP contribution in [0.2, 0.25) is 0 Å². The first kappa shape index (κ1) is 18.2. The molecule has 0 amide bonds. The van der Waals surface area contributed by atoms with E-state index in [2.05, 4.69) is 15.5 Å². The number of benzene rings is 2. The fraction of sp³-hybridized carbons (Fsp3) is 0.263. The van der Waals surface area contributed by atoms with Gasteiger partial charge in [-0.15, -0.1) is 0 Å². The Bertz CT molecular complexity index is 1050. The predicted molar refractivity (Wildman–Crippen MR) is 106 cm³/mol. The molecule has 0 spiro atoms. The van der Waals surface area contributed by atoms with Crippen molar-refractivity contribution in [1.29, 1.82) is 0 Å². The second kappa shape index (κ2) is 7.09. The van der Waals surface area contributed by atoms with Crippen LogP contribution in [0.15, 0.2) is 47.3 Å². The number of nitrogens with one attached hydrogen (secondary N) is 2. The first-order valence-corrected chi connectivity index (χ1v) is 11.2. The summed E-state index contributed by atoms with van der Waals surface area (Å²) in [4.78, 5) is 23.0. The van der Waals surface area contributed by atoms with E-state index in [4.69, 9.17) is 0 Å². The van der Waals surface area contributed by atoms with Crippen molar-refractivity contribution in [3.8, 4) is 0 Å². The summed E-state index contributed by atoms with van der Waals surface area (Å²) >= 11 is 0. The third kappa shape index (κ3) is 3.28. The SMILES string of the molecule is O=c1[nH]nc(C(O)c2ccc(F)c([PH]3(O)CCNCC3)c2)c2ccccc12. The maximum absolute atomic E-state index is 14.5. The Hall–Kier alpha value is -2.18. The fourth-order valence-electron chi connectivity index (χ4n) is 3.68. The first-order chi connectivity index (χ1) is 13.0. The Morgan fingerprint density at radius 1 is 1.11 bits per heavy atom. The number of aliphatic hydroxyl groups is 1. The number of hydrogen-bond acceptors (Lipinski definition) is 5. The second-order valence-corrected chi connectivity index (χ2v) is 10.5. The van der Waals surface area contributed by atoms with E-state index in [0.29, 0.717) is 52.7 Å². The standard InChI is InChI=1S/C19H21FN3O3P/c20-15-6-5-12(11-16(15)27(26)9-7-21-8-10-27)18(24)17-13-3-1-2-4-14(13)19(25)23-22-17/h1-6,11,18,21,24,26-27H,7-10H2,(H,23,25). The molecule has 1 aliphatic heterocycles. The minimum absolute atomic E-state index is 0.293. The van der Waals surface area contributed by atoms with Gasteiger partial charge in [0.15, 0.2) is 0 Å². The van der Waals surface area contributed by atoms with Crippen molar-refractivity contribution in [2.45, 2.75) is 6.10 Å². The van der Waals surface area contributed by atoms with Crippen LogP contribution in [0.25, 0.3) is 10.8 Å². The van der Waals surface area contributed by atoms with Gasteiger partial charge in [0.2, 0.25) is 0 Å². The average Bonchev–Trinajstić information content (AvgIpc) is 2.69. The third-order valence-electron chi connectivity index (χ3n) is 5.22. The molecule has 4 rings (SSSR count). The molecule has 3 aromatic rings. The summed E-state index contributed by atoms with van der Waals surface area (Å²) in [5, 5.41) is 21.8. The summed E-state index contributed by atoms with van der Waals surface area (Å²) in [7, 11) is -2.92. The normalized spacial score (nSPS) is 18.9. The number of aromatic nitrogens is 2. The summed E-state index contributed by atoms with van der Waals surface area (Å²) in [6.45, 7) is 1.31. The molecule has 142 valence electrons. The molecule has 1 atom stereocenters. The van der Waals surface area contributed by atoms with E-state index in [9.17, 15) is 19.2 Å². The van der Waals surface area contributed by atoms with Gasteiger partial charge in [0.25, 0.3) is 0 Å². The number of aliphatic hydroxyl groups excluding tert-OH is 1. The van der Waals surface area contributed by atoms with Crippen molar-refractivity contribution in [2.75, 3.05) is 25.4 Å². The number of hydrogen-bond donors (Lipinski definition) is 4. The van der Waals surface area contributed by atoms with E-state index in [-0.39, 0.29) is 5.56 Å². The molecule has 2 aromatic carbocycles. The van der Waals surface area contributed by atoms with Gasteiger partial charge in [0, 0.05) is 0 Å². The zero-order chi connectivity index (χ0) is 19.0. The number of H-pyrrole nitrogens is 1. The number of aromatic amines is 1. The van der Waals surface area contributed by atoms with E-state index < -0.39 is 19.4 Å². The van der Waals surface area contributed by atoms with Crippen molar-refractivity contribution in [3.63, 3.8) is 0 Å². The number of fused-ring (bicyclic) bond motifs is 1. The zero-order valence-electron chi connectivity index (χ0n) is 14.6. The molecule has 4 N–H and O–H groups in total. The molecule has 27 heavy (non-hydrogen) atoms. The summed E-state index contributed by atoms with van der Waals surface area (Å²) in [5.74, 6) is -0.443. The Kier molecular flexibility index (Phi) is 4.78. The summed E-state index contributed by atoms with van der Waals surface area (Å²) in [6.07, 6.45) is -0.0856. The van der Waals surface area contributed by atoms with Gasteiger partial charge in [0.05, 0.1) is 0 Å². The van der Waals surface area contributed by atoms with Gasteiger partial charge in [-0.1, -0.05) is 0 Å². The molecule has 2 heterocycles. The Labute approximate surface area is 155 Å². The van der Waals surface area contributed by atoms with Gasteiger partial charge >= 0.3 is 155 Å². The number of rotatable bonds is 3. The van der Waals surface area contributed by atoms with Crippen LogP contribution >= 0.6 is 7.49 Å². The number of halogens is 1. The molecule has 1 aliphatic rings. The fourth-order valence-corrected chi connectivity index (χ4v) is 6.61. The molecule has 0 bridgehead atoms. The van der Waals surface area contributed by atoms with Crippen LogP contribution in [0.3, 0.4) is 0 Å². The van der Waals surface area contributed by atoms with Crippen LogP contribution in [-0.4, -0.2) is 45.6 Å². The minimum atomic E-state index is -2.92. The molecular formula is C19H21FN3O3P. The quantitative estimate of drug-likeness (QED) is 0.502. The van der Waals surface area contributed by atoms with Crippen LogP contribution < -0.4 is 16.2 Å². The van der Waals surface area contributed by atoms with Crippen LogP contribution in [0, 0.1) is 5.82 Å². The van der Waals surface area contributed by atoms with Crippen molar-refractivity contribution < 1.29 is 14.4 Å². The summed E-state index contributed by atoms with van der Waals surface area (Å²) < 4.78 is 14.5. The van der Waals surface area contributed by atoms with Gasteiger partial charge in [-0.2, -0.15) is 0 Å². The van der Waals surface area contributed by atoms with Crippen LogP contribution in [0.1, 0.15) is 17.4 Å². The molecular weight excluding hydrogens is 368 g/mol. The number of nitrogens with zero attached hydrogens (tertiary/aromatic N) is 1. The predicted octanol–water partition coefficient (Wildman–Crippen LogP) is 1.03. The van der Waals surface area contributed by atoms with E-state index in [1.54, 1.807) is 30.3 Å². The summed E-state index contributed by atoms with van der Waals surface area (Å²) in [5.41, 5.74) is 0.398. The molecule has 1 unspecified atom stereocenters. The monoisotopic (exact) mass is 389 g/mol. The molecule has 1 saturated heterocycles. The Morgan fingerprint density at radius 3 is 2.56 bits per heavy atom. The second-order valence-electron chi connectivity index (χ2n) is 6.91. The van der Waals surface area contributed by atoms with Crippen LogP contribution in [0.4, 0.5) is 4.39 Å². The van der Waals surface area contributed by atoms with Crippen LogP contribution in [0.5, 0.6) is 0 Å². The van der Waals surface area contributed by atoms with Gasteiger partial charge < -0.3 is 0 Å². The third-order valence-corrected chi connectivity index (χ3v) is 8.76. The van der Waals surface area contributed by atoms with Gasteiger partial charge in [-0.25, -0.2) is 0 Å². The van der Waals surface area contributed by atoms with Gasteiger partial charge in [0.1, 0.15) is 0 Å². The van der Waals surface area contributed by atoms with Crippen molar-refractivity contribution in [3.05, 3.63) is 69.9 Å². The Balaban J connectivity index is 1.80. The van der Waals surface area contributed by atoms with E-state index in [0.717, 1.165) is 0 Å². The van der Waals surface area contributed by atoms with Gasteiger partial charge in [-0.05, 0) is 0 Å². The summed E-state index contributed by atoms with van der Waals surface area (Å²) in [6, 6.07) is 11.2. The van der Waals surface area contributed by atoms with Crippen molar-refractivity contribution in [1.82, 2.24) is 15.5 Å². The zero-order valence-corrected chi connectivity index (χ0v) is 15.6. The van der Waals surface area contributed by atoms with Gasteiger partial charge in [-0.3, -0.25) is 0 Å². The van der Waals surface area contributed by atoms with E-state index in [1.807, 2.05) is 0 Å². The molecule has 0 radical (unpaired) electrons. The molecule has 8 heteroatoms. The van der Waals surface area contributed by atoms with Crippen molar-refractivity contribution >= 4 is 23.6 Å². The van der Waals surface area contributed by atoms with Crippen molar-refractivity contribution in [2.24, 2.45) is 0 Å². The molecule has 6 nitrogen and oxygen atoms in total.